The van der Waals surface area contributed by atoms with Crippen molar-refractivity contribution in [3.05, 3.63) is 48.2 Å². The molecule has 0 aliphatic heterocycles. The Morgan fingerprint density at radius 3 is 2.52 bits per heavy atom. The zero-order valence-electron chi connectivity index (χ0n) is 17.2. The Kier molecular flexibility index (Phi) is 10.4. The SMILES string of the molecule is COP(=O)(CCc1ccccc1)OCC1C(O)CC(O)C1CCCCCC=CO. The average molecular weight is 426 g/mol. The van der Waals surface area contributed by atoms with Crippen LogP contribution in [0.4, 0.5) is 0 Å². The average Bonchev–Trinajstić information content (AvgIpc) is 3.00. The molecular formula is C22H35O6P. The van der Waals surface area contributed by atoms with Gasteiger partial charge in [0.05, 0.1) is 31.2 Å². The van der Waals surface area contributed by atoms with Gasteiger partial charge in [0.25, 0.3) is 0 Å². The van der Waals surface area contributed by atoms with Gasteiger partial charge >= 0.3 is 7.60 Å². The van der Waals surface area contributed by atoms with Crippen molar-refractivity contribution in [1.29, 1.82) is 0 Å². The molecule has 0 aromatic heterocycles. The summed E-state index contributed by atoms with van der Waals surface area (Å²) in [4.78, 5) is 0. The molecule has 0 amide bonds. The summed E-state index contributed by atoms with van der Waals surface area (Å²) in [6.45, 7) is 0.121. The lowest BCUT2D eigenvalue weighted by Crippen LogP contribution is -2.26. The maximum absolute atomic E-state index is 13.0. The van der Waals surface area contributed by atoms with E-state index in [-0.39, 0.29) is 24.6 Å². The fraction of sp³-hybridized carbons (Fsp3) is 0.636. The predicted octanol–water partition coefficient (Wildman–Crippen LogP) is 4.47. The molecule has 164 valence electrons. The van der Waals surface area contributed by atoms with Crippen LogP contribution in [0.1, 0.15) is 44.1 Å². The van der Waals surface area contributed by atoms with Crippen LogP contribution >= 0.6 is 7.60 Å². The number of benzene rings is 1. The fourth-order valence-electron chi connectivity index (χ4n) is 4.02. The molecule has 7 heteroatoms. The number of allylic oxidation sites excluding steroid dienone is 1. The zero-order valence-corrected chi connectivity index (χ0v) is 18.1. The van der Waals surface area contributed by atoms with Gasteiger partial charge in [-0.3, -0.25) is 4.57 Å². The molecule has 0 saturated heterocycles. The molecule has 0 spiro atoms. The maximum atomic E-state index is 13.0. The number of hydrogen-bond donors (Lipinski definition) is 3. The lowest BCUT2D eigenvalue weighted by atomic mass is 9.89. The summed E-state index contributed by atoms with van der Waals surface area (Å²) in [5, 5.41) is 29.4. The summed E-state index contributed by atoms with van der Waals surface area (Å²) in [6, 6.07) is 9.77. The minimum atomic E-state index is -3.26. The third kappa shape index (κ3) is 7.88. The van der Waals surface area contributed by atoms with Crippen LogP contribution in [0.5, 0.6) is 0 Å². The predicted molar refractivity (Wildman–Crippen MR) is 114 cm³/mol. The van der Waals surface area contributed by atoms with Gasteiger partial charge in [-0.2, -0.15) is 0 Å². The molecule has 1 aromatic carbocycles. The van der Waals surface area contributed by atoms with Crippen LogP contribution in [0.25, 0.3) is 0 Å². The van der Waals surface area contributed by atoms with Gasteiger partial charge in [0.15, 0.2) is 0 Å². The van der Waals surface area contributed by atoms with Crippen LogP contribution in [0.2, 0.25) is 0 Å². The first-order chi connectivity index (χ1) is 14.0. The van der Waals surface area contributed by atoms with Crippen molar-refractivity contribution in [2.45, 2.75) is 57.2 Å². The molecule has 5 atom stereocenters. The van der Waals surface area contributed by atoms with Gasteiger partial charge in [0.2, 0.25) is 0 Å². The molecule has 0 radical (unpaired) electrons. The van der Waals surface area contributed by atoms with Crippen molar-refractivity contribution in [2.24, 2.45) is 11.8 Å². The minimum absolute atomic E-state index is 0.0715. The molecule has 2 rings (SSSR count). The largest absolute Gasteiger partial charge is 0.516 e. The number of hydrogen-bond acceptors (Lipinski definition) is 6. The molecule has 29 heavy (non-hydrogen) atoms. The van der Waals surface area contributed by atoms with Crippen molar-refractivity contribution >= 4 is 7.60 Å². The normalized spacial score (nSPS) is 26.7. The van der Waals surface area contributed by atoms with Crippen molar-refractivity contribution in [3.8, 4) is 0 Å². The maximum Gasteiger partial charge on any atom is 0.330 e. The van der Waals surface area contributed by atoms with E-state index in [1.54, 1.807) is 6.08 Å². The van der Waals surface area contributed by atoms with Gasteiger partial charge in [-0.25, -0.2) is 0 Å². The van der Waals surface area contributed by atoms with E-state index in [0.717, 1.165) is 43.9 Å². The molecule has 0 heterocycles. The summed E-state index contributed by atoms with van der Waals surface area (Å²) in [7, 11) is -1.87. The Morgan fingerprint density at radius 2 is 1.83 bits per heavy atom. The van der Waals surface area contributed by atoms with Gasteiger partial charge < -0.3 is 24.4 Å². The van der Waals surface area contributed by atoms with Gasteiger partial charge in [-0.15, -0.1) is 0 Å². The second-order valence-corrected chi connectivity index (χ2v) is 10.1. The first kappa shape index (κ1) is 24.1. The number of aliphatic hydroxyl groups is 3. The smallest absolute Gasteiger partial charge is 0.330 e. The molecule has 1 aromatic rings. The third-order valence-electron chi connectivity index (χ3n) is 5.79. The van der Waals surface area contributed by atoms with Crippen LogP contribution in [-0.2, 0) is 20.0 Å². The zero-order chi connectivity index (χ0) is 21.1. The topological polar surface area (TPSA) is 96.2 Å². The Labute approximate surface area is 174 Å². The highest BCUT2D eigenvalue weighted by atomic mass is 31.2. The number of rotatable bonds is 13. The lowest BCUT2D eigenvalue weighted by molar-refractivity contribution is 0.0650. The van der Waals surface area contributed by atoms with Crippen molar-refractivity contribution in [1.82, 2.24) is 0 Å². The first-order valence-corrected chi connectivity index (χ1v) is 12.2. The Hall–Kier alpha value is -1.17. The van der Waals surface area contributed by atoms with Crippen LogP contribution < -0.4 is 0 Å². The first-order valence-electron chi connectivity index (χ1n) is 10.5. The molecule has 1 fully saturated rings. The molecule has 3 N–H and O–H groups in total. The van der Waals surface area contributed by atoms with Crippen LogP contribution in [-0.4, -0.2) is 47.4 Å². The second kappa shape index (κ2) is 12.5. The van der Waals surface area contributed by atoms with Crippen LogP contribution in [0.15, 0.2) is 42.7 Å². The molecule has 1 aliphatic carbocycles. The third-order valence-corrected chi connectivity index (χ3v) is 7.66. The summed E-state index contributed by atoms with van der Waals surface area (Å²) in [6.07, 6.45) is 7.27. The van der Waals surface area contributed by atoms with Crippen LogP contribution in [0.3, 0.4) is 0 Å². The Balaban J connectivity index is 1.84. The molecule has 5 unspecified atom stereocenters. The summed E-state index contributed by atoms with van der Waals surface area (Å²) in [5.41, 5.74) is 1.07. The van der Waals surface area contributed by atoms with E-state index >= 15 is 0 Å². The lowest BCUT2D eigenvalue weighted by Gasteiger charge is -2.25. The minimum Gasteiger partial charge on any atom is -0.516 e. The number of unbranched alkanes of at least 4 members (excludes halogenated alkanes) is 3. The summed E-state index contributed by atoms with van der Waals surface area (Å²) >= 11 is 0. The van der Waals surface area contributed by atoms with Gasteiger partial charge in [0, 0.05) is 13.0 Å². The van der Waals surface area contributed by atoms with Gasteiger partial charge in [-0.05, 0) is 43.6 Å². The van der Waals surface area contributed by atoms with Crippen molar-refractivity contribution in [3.63, 3.8) is 0 Å². The molecule has 1 aliphatic rings. The van der Waals surface area contributed by atoms with Crippen molar-refractivity contribution < 1.29 is 28.9 Å². The quantitative estimate of drug-likeness (QED) is 0.245. The van der Waals surface area contributed by atoms with Gasteiger partial charge in [0.1, 0.15) is 0 Å². The second-order valence-electron chi connectivity index (χ2n) is 7.77. The highest BCUT2D eigenvalue weighted by Crippen LogP contribution is 2.49. The van der Waals surface area contributed by atoms with Crippen LogP contribution in [0, 0.1) is 11.8 Å². The molecule has 1 saturated carbocycles. The number of aryl methyl sites for hydroxylation is 1. The summed E-state index contributed by atoms with van der Waals surface area (Å²) in [5.74, 6) is -0.319. The van der Waals surface area contributed by atoms with E-state index in [1.165, 1.54) is 7.11 Å². The van der Waals surface area contributed by atoms with E-state index in [4.69, 9.17) is 14.2 Å². The summed E-state index contributed by atoms with van der Waals surface area (Å²) < 4.78 is 23.9. The Bertz CT molecular complexity index is 650. The van der Waals surface area contributed by atoms with E-state index in [2.05, 4.69) is 0 Å². The van der Waals surface area contributed by atoms with E-state index in [1.807, 2.05) is 30.3 Å². The number of aliphatic hydroxyl groups excluding tert-OH is 3. The molecule has 0 bridgehead atoms. The van der Waals surface area contributed by atoms with Crippen molar-refractivity contribution in [2.75, 3.05) is 19.9 Å². The van der Waals surface area contributed by atoms with E-state index in [0.29, 0.717) is 12.8 Å². The molecular weight excluding hydrogens is 391 g/mol. The van der Waals surface area contributed by atoms with Gasteiger partial charge in [-0.1, -0.05) is 49.2 Å². The monoisotopic (exact) mass is 426 g/mol. The van der Waals surface area contributed by atoms with E-state index in [9.17, 15) is 14.8 Å². The standard InChI is InChI=1S/C22H35O6P/c1-27-29(26,15-13-18-10-6-5-7-11-18)28-17-20-19(21(24)16-22(20)25)12-8-3-2-4-9-14-23/h5-7,9-11,14,19-25H,2-4,8,12-13,15-17H2,1H3. The highest BCUT2D eigenvalue weighted by molar-refractivity contribution is 7.53. The molecule has 6 nitrogen and oxygen atoms in total. The van der Waals surface area contributed by atoms with E-state index < -0.39 is 19.8 Å². The fourth-order valence-corrected chi connectivity index (χ4v) is 5.37. The Morgan fingerprint density at radius 1 is 1.10 bits per heavy atom. The highest BCUT2D eigenvalue weighted by Gasteiger charge is 2.42.